The first kappa shape index (κ1) is 19.2. The maximum atomic E-state index is 4.27. The van der Waals surface area contributed by atoms with Gasteiger partial charge in [-0.25, -0.2) is 0 Å². The van der Waals surface area contributed by atoms with Crippen molar-refractivity contribution in [3.8, 4) is 0 Å². The van der Waals surface area contributed by atoms with E-state index in [4.69, 9.17) is 0 Å². The van der Waals surface area contributed by atoms with E-state index in [1.165, 1.54) is 30.7 Å². The topological polar surface area (TPSA) is 15.3 Å². The number of allylic oxidation sites excluding steroid dienone is 1. The summed E-state index contributed by atoms with van der Waals surface area (Å²) in [5.41, 5.74) is 3.83. The number of likely N-dealkylation sites (tertiary alicyclic amines) is 1. The van der Waals surface area contributed by atoms with Crippen LogP contribution in [-0.4, -0.2) is 29.0 Å². The third kappa shape index (κ3) is 4.58. The molecular formula is C19H34N2S. The maximum absolute atomic E-state index is 4.27. The van der Waals surface area contributed by atoms with Gasteiger partial charge >= 0.3 is 0 Å². The van der Waals surface area contributed by atoms with Gasteiger partial charge in [0, 0.05) is 35.3 Å². The predicted octanol–water partition coefficient (Wildman–Crippen LogP) is 5.16. The largest absolute Gasteiger partial charge is 0.387 e. The maximum Gasteiger partial charge on any atom is 0.0616 e. The number of hydrogen-bond donors (Lipinski definition) is 1. The van der Waals surface area contributed by atoms with E-state index < -0.39 is 0 Å². The van der Waals surface area contributed by atoms with Crippen molar-refractivity contribution >= 4 is 11.8 Å². The van der Waals surface area contributed by atoms with Crippen LogP contribution in [0, 0.1) is 5.41 Å². The predicted molar refractivity (Wildman–Crippen MR) is 102 cm³/mol. The van der Waals surface area contributed by atoms with Crippen LogP contribution in [-0.2, 0) is 0 Å². The van der Waals surface area contributed by atoms with Gasteiger partial charge in [0.2, 0.25) is 0 Å². The van der Waals surface area contributed by atoms with Gasteiger partial charge in [0.05, 0.1) is 6.54 Å². The minimum Gasteiger partial charge on any atom is -0.387 e. The molecule has 0 aromatic heterocycles. The van der Waals surface area contributed by atoms with Crippen molar-refractivity contribution in [3.05, 3.63) is 36.8 Å². The van der Waals surface area contributed by atoms with Crippen LogP contribution in [0.1, 0.15) is 53.4 Å². The summed E-state index contributed by atoms with van der Waals surface area (Å²) in [5, 5.41) is 4.06. The molecule has 0 radical (unpaired) electrons. The zero-order valence-electron chi connectivity index (χ0n) is 15.0. The molecule has 1 atom stereocenters. The van der Waals surface area contributed by atoms with Gasteiger partial charge in [0.25, 0.3) is 0 Å². The molecule has 1 rings (SSSR count). The van der Waals surface area contributed by atoms with E-state index in [-0.39, 0.29) is 0 Å². The van der Waals surface area contributed by atoms with Crippen LogP contribution in [0.4, 0.5) is 0 Å². The van der Waals surface area contributed by atoms with Gasteiger partial charge in [0.1, 0.15) is 0 Å². The molecule has 1 aliphatic rings. The fraction of sp³-hybridized carbons (Fsp3) is 0.684. The van der Waals surface area contributed by atoms with Crippen LogP contribution < -0.4 is 5.32 Å². The van der Waals surface area contributed by atoms with E-state index in [1.54, 1.807) is 0 Å². The Labute approximate surface area is 142 Å². The van der Waals surface area contributed by atoms with E-state index in [1.807, 2.05) is 11.8 Å². The van der Waals surface area contributed by atoms with Gasteiger partial charge in [-0.05, 0) is 30.4 Å². The zero-order valence-corrected chi connectivity index (χ0v) is 15.8. The summed E-state index contributed by atoms with van der Waals surface area (Å²) in [7, 11) is 0. The molecule has 126 valence electrons. The summed E-state index contributed by atoms with van der Waals surface area (Å²) in [6.45, 7) is 23.6. The smallest absolute Gasteiger partial charge is 0.0616 e. The van der Waals surface area contributed by atoms with Crippen LogP contribution in [0.25, 0.3) is 0 Å². The van der Waals surface area contributed by atoms with Crippen LogP contribution in [0.15, 0.2) is 36.8 Å². The van der Waals surface area contributed by atoms with Gasteiger partial charge in [-0.3, -0.25) is 0 Å². The lowest BCUT2D eigenvalue weighted by Crippen LogP contribution is -2.35. The lowest BCUT2D eigenvalue weighted by atomic mass is 9.80. The average Bonchev–Trinajstić information content (AvgIpc) is 2.77. The Morgan fingerprint density at radius 2 is 1.82 bits per heavy atom. The molecular weight excluding hydrogens is 288 g/mol. The average molecular weight is 323 g/mol. The van der Waals surface area contributed by atoms with Crippen LogP contribution >= 0.6 is 11.8 Å². The van der Waals surface area contributed by atoms with E-state index in [0.717, 1.165) is 31.0 Å². The zero-order chi connectivity index (χ0) is 16.8. The van der Waals surface area contributed by atoms with Crippen molar-refractivity contribution in [1.29, 1.82) is 0 Å². The molecule has 0 aliphatic carbocycles. The molecule has 0 aromatic rings. The van der Waals surface area contributed by atoms with Crippen molar-refractivity contribution < 1.29 is 0 Å². The standard InChI is InChI=1S/C19H34N2S/c1-8-19(9-2,10-3)14-20-15(5)13-21-16(6)12-18(17(21)7)22-11-4/h18,20H,5-14H2,1-4H3. The summed E-state index contributed by atoms with van der Waals surface area (Å²) in [6.07, 6.45) is 4.64. The second-order valence-corrected chi connectivity index (χ2v) is 7.79. The molecule has 0 saturated carbocycles. The number of nitrogens with one attached hydrogen (secondary N) is 1. The third-order valence-corrected chi connectivity index (χ3v) is 6.38. The van der Waals surface area contributed by atoms with Gasteiger partial charge in [0.15, 0.2) is 0 Å². The molecule has 1 heterocycles. The molecule has 1 unspecified atom stereocenters. The van der Waals surface area contributed by atoms with Crippen molar-refractivity contribution in [2.75, 3.05) is 18.8 Å². The van der Waals surface area contributed by atoms with Gasteiger partial charge in [-0.15, -0.1) is 0 Å². The molecule has 0 bridgehead atoms. The highest BCUT2D eigenvalue weighted by atomic mass is 32.2. The minimum absolute atomic E-state index is 0.391. The van der Waals surface area contributed by atoms with Crippen molar-refractivity contribution in [2.24, 2.45) is 5.41 Å². The van der Waals surface area contributed by atoms with E-state index in [0.29, 0.717) is 10.7 Å². The van der Waals surface area contributed by atoms with Crippen molar-refractivity contribution in [3.63, 3.8) is 0 Å². The Hall–Kier alpha value is -0.830. The molecule has 1 aliphatic heterocycles. The molecule has 0 aromatic carbocycles. The molecule has 0 spiro atoms. The second-order valence-electron chi connectivity index (χ2n) is 6.31. The molecule has 22 heavy (non-hydrogen) atoms. The highest BCUT2D eigenvalue weighted by Gasteiger charge is 2.30. The van der Waals surface area contributed by atoms with E-state index >= 15 is 0 Å². The Morgan fingerprint density at radius 3 is 2.32 bits per heavy atom. The summed E-state index contributed by atoms with van der Waals surface area (Å²) in [5.74, 6) is 1.12. The number of hydrogen-bond acceptors (Lipinski definition) is 3. The summed E-state index contributed by atoms with van der Waals surface area (Å²) in [6, 6.07) is 0. The van der Waals surface area contributed by atoms with Crippen LogP contribution in [0.2, 0.25) is 0 Å². The highest BCUT2D eigenvalue weighted by Crippen LogP contribution is 2.37. The molecule has 2 nitrogen and oxygen atoms in total. The Morgan fingerprint density at radius 1 is 1.23 bits per heavy atom. The van der Waals surface area contributed by atoms with Gasteiger partial charge < -0.3 is 10.2 Å². The van der Waals surface area contributed by atoms with Crippen molar-refractivity contribution in [1.82, 2.24) is 10.2 Å². The van der Waals surface area contributed by atoms with E-state index in [2.05, 4.69) is 57.6 Å². The van der Waals surface area contributed by atoms with E-state index in [9.17, 15) is 0 Å². The summed E-state index contributed by atoms with van der Waals surface area (Å²) < 4.78 is 0. The molecule has 0 amide bonds. The number of thioether (sulfide) groups is 1. The number of nitrogens with zero attached hydrogens (tertiary/aromatic N) is 1. The SMILES string of the molecule is C=C(CN1C(=C)CC(SCC)C1=C)NCC(CC)(CC)CC. The first-order valence-corrected chi connectivity index (χ1v) is 9.65. The third-order valence-electron chi connectivity index (χ3n) is 5.20. The fourth-order valence-corrected chi connectivity index (χ4v) is 4.11. The van der Waals surface area contributed by atoms with Crippen molar-refractivity contribution in [2.45, 2.75) is 58.6 Å². The van der Waals surface area contributed by atoms with Crippen LogP contribution in [0.5, 0.6) is 0 Å². The van der Waals surface area contributed by atoms with Gasteiger partial charge in [-0.2, -0.15) is 11.8 Å². The first-order valence-electron chi connectivity index (χ1n) is 8.60. The Kier molecular flexibility index (Phi) is 7.61. The Bertz CT molecular complexity index is 401. The molecule has 1 N–H and O–H groups in total. The molecule has 1 saturated heterocycles. The first-order chi connectivity index (χ1) is 10.4. The minimum atomic E-state index is 0.391. The molecule has 1 fully saturated rings. The molecule has 3 heteroatoms. The van der Waals surface area contributed by atoms with Crippen LogP contribution in [0.3, 0.4) is 0 Å². The highest BCUT2D eigenvalue weighted by molar-refractivity contribution is 8.00. The summed E-state index contributed by atoms with van der Waals surface area (Å²) >= 11 is 1.96. The fourth-order valence-electron chi connectivity index (χ4n) is 3.07. The lowest BCUT2D eigenvalue weighted by molar-refractivity contribution is 0.244. The van der Waals surface area contributed by atoms with Gasteiger partial charge in [-0.1, -0.05) is 47.4 Å². The Balaban J connectivity index is 2.55. The number of rotatable bonds is 10. The summed E-state index contributed by atoms with van der Waals surface area (Å²) in [4.78, 5) is 2.24. The monoisotopic (exact) mass is 322 g/mol. The normalized spacial score (nSPS) is 18.9. The second kappa shape index (κ2) is 8.71. The quantitative estimate of drug-likeness (QED) is 0.598. The lowest BCUT2D eigenvalue weighted by Gasteiger charge is -2.32.